The fraction of sp³-hybridized carbons (Fsp3) is 0.444. The molecule has 0 saturated carbocycles. The summed E-state index contributed by atoms with van der Waals surface area (Å²) in [4.78, 5) is 18.7. The van der Waals surface area contributed by atoms with Crippen molar-refractivity contribution in [1.29, 1.82) is 0 Å². The minimum absolute atomic E-state index is 0.504. The molecule has 1 atom stereocenters. The molecule has 0 aliphatic rings. The van der Waals surface area contributed by atoms with Crippen molar-refractivity contribution in [3.63, 3.8) is 0 Å². The van der Waals surface area contributed by atoms with Crippen LogP contribution in [-0.4, -0.2) is 21.0 Å². The fourth-order valence-electron chi connectivity index (χ4n) is 0.897. The van der Waals surface area contributed by atoms with E-state index in [4.69, 9.17) is 5.11 Å². The van der Waals surface area contributed by atoms with Gasteiger partial charge >= 0.3 is 5.97 Å². The van der Waals surface area contributed by atoms with E-state index in [9.17, 15) is 4.79 Å². The third-order valence-electron chi connectivity index (χ3n) is 1.90. The maximum atomic E-state index is 10.6. The molecular formula is C9H12N2O2. The lowest BCUT2D eigenvalue weighted by molar-refractivity contribution is -0.138. The molecule has 1 rings (SSSR count). The van der Waals surface area contributed by atoms with E-state index in [1.165, 1.54) is 6.20 Å². The molecule has 0 fully saturated rings. The zero-order chi connectivity index (χ0) is 9.84. The van der Waals surface area contributed by atoms with Crippen molar-refractivity contribution in [1.82, 2.24) is 9.97 Å². The summed E-state index contributed by atoms with van der Waals surface area (Å²) in [5.41, 5.74) is 1.38. The molecule has 0 saturated heterocycles. The number of aliphatic carboxylic acids is 1. The molecule has 0 spiro atoms. The minimum atomic E-state index is -0.876. The predicted octanol–water partition coefficient (Wildman–Crippen LogP) is 1.23. The van der Waals surface area contributed by atoms with Crippen LogP contribution in [0.2, 0.25) is 0 Å². The van der Waals surface area contributed by atoms with Crippen molar-refractivity contribution in [2.24, 2.45) is 0 Å². The second kappa shape index (κ2) is 3.98. The number of carboxylic acid groups (broad SMARTS) is 1. The molecule has 13 heavy (non-hydrogen) atoms. The van der Waals surface area contributed by atoms with Gasteiger partial charge in [0.25, 0.3) is 0 Å². The van der Waals surface area contributed by atoms with Crippen LogP contribution < -0.4 is 0 Å². The van der Waals surface area contributed by atoms with Crippen molar-refractivity contribution < 1.29 is 9.90 Å². The first kappa shape index (κ1) is 9.64. The van der Waals surface area contributed by atoms with Gasteiger partial charge in [0, 0.05) is 12.4 Å². The number of rotatable bonds is 3. The zero-order valence-electron chi connectivity index (χ0n) is 7.69. The van der Waals surface area contributed by atoms with Crippen molar-refractivity contribution in [3.05, 3.63) is 23.8 Å². The van der Waals surface area contributed by atoms with E-state index in [0.717, 1.165) is 12.1 Å². The summed E-state index contributed by atoms with van der Waals surface area (Å²) >= 11 is 0. The summed E-state index contributed by atoms with van der Waals surface area (Å²) < 4.78 is 0. The highest BCUT2D eigenvalue weighted by Gasteiger charge is 2.14. The Morgan fingerprint density at radius 2 is 2.23 bits per heavy atom. The minimum Gasteiger partial charge on any atom is -0.481 e. The van der Waals surface area contributed by atoms with E-state index in [0.29, 0.717) is 5.69 Å². The normalized spacial score (nSPS) is 12.5. The van der Waals surface area contributed by atoms with E-state index >= 15 is 0 Å². The van der Waals surface area contributed by atoms with Crippen molar-refractivity contribution in [2.45, 2.75) is 26.2 Å². The first-order chi connectivity index (χ1) is 6.15. The van der Waals surface area contributed by atoms with E-state index in [1.807, 2.05) is 6.92 Å². The lowest BCUT2D eigenvalue weighted by Crippen LogP contribution is -2.09. The van der Waals surface area contributed by atoms with E-state index in [2.05, 4.69) is 9.97 Å². The van der Waals surface area contributed by atoms with Crippen LogP contribution in [0.25, 0.3) is 0 Å². The number of aryl methyl sites for hydroxylation is 1. The monoisotopic (exact) mass is 180 g/mol. The SMILES string of the molecule is CCc1cnc(C(C)C(=O)O)cn1. The number of carbonyl (C=O) groups is 1. The van der Waals surface area contributed by atoms with Gasteiger partial charge in [-0.15, -0.1) is 0 Å². The maximum Gasteiger partial charge on any atom is 0.312 e. The van der Waals surface area contributed by atoms with Gasteiger partial charge in [0.2, 0.25) is 0 Å². The van der Waals surface area contributed by atoms with Gasteiger partial charge < -0.3 is 5.11 Å². The van der Waals surface area contributed by atoms with Crippen LogP contribution >= 0.6 is 0 Å². The van der Waals surface area contributed by atoms with E-state index < -0.39 is 11.9 Å². The molecule has 0 radical (unpaired) electrons. The number of hydrogen-bond donors (Lipinski definition) is 1. The Bertz CT molecular complexity index is 295. The van der Waals surface area contributed by atoms with Crippen LogP contribution in [0.3, 0.4) is 0 Å². The Morgan fingerprint density at radius 1 is 1.54 bits per heavy atom. The van der Waals surface area contributed by atoms with Crippen LogP contribution in [-0.2, 0) is 11.2 Å². The average Bonchev–Trinajstić information content (AvgIpc) is 2.17. The molecule has 1 aromatic rings. The molecule has 0 aliphatic heterocycles. The molecule has 4 nitrogen and oxygen atoms in total. The molecular weight excluding hydrogens is 168 g/mol. The predicted molar refractivity (Wildman–Crippen MR) is 47.5 cm³/mol. The van der Waals surface area contributed by atoms with Gasteiger partial charge in [0.1, 0.15) is 0 Å². The van der Waals surface area contributed by atoms with Crippen LogP contribution in [0.4, 0.5) is 0 Å². The van der Waals surface area contributed by atoms with Crippen LogP contribution in [0.5, 0.6) is 0 Å². The number of aromatic nitrogens is 2. The largest absolute Gasteiger partial charge is 0.481 e. The van der Waals surface area contributed by atoms with Crippen molar-refractivity contribution >= 4 is 5.97 Å². The fourth-order valence-corrected chi connectivity index (χ4v) is 0.897. The number of nitrogens with zero attached hydrogens (tertiary/aromatic N) is 2. The van der Waals surface area contributed by atoms with Crippen LogP contribution in [0.1, 0.15) is 31.2 Å². The molecule has 1 N–H and O–H groups in total. The summed E-state index contributed by atoms with van der Waals surface area (Å²) in [6.45, 7) is 3.57. The van der Waals surface area contributed by atoms with Gasteiger partial charge in [-0.2, -0.15) is 0 Å². The van der Waals surface area contributed by atoms with Gasteiger partial charge in [-0.05, 0) is 13.3 Å². The second-order valence-electron chi connectivity index (χ2n) is 2.85. The van der Waals surface area contributed by atoms with Crippen molar-refractivity contribution in [3.8, 4) is 0 Å². The molecule has 70 valence electrons. The van der Waals surface area contributed by atoms with Crippen LogP contribution in [0.15, 0.2) is 12.4 Å². The first-order valence-corrected chi connectivity index (χ1v) is 4.18. The first-order valence-electron chi connectivity index (χ1n) is 4.18. The Labute approximate surface area is 76.7 Å². The van der Waals surface area contributed by atoms with Crippen LogP contribution in [0, 0.1) is 0 Å². The van der Waals surface area contributed by atoms with Gasteiger partial charge in [-0.1, -0.05) is 6.92 Å². The summed E-state index contributed by atoms with van der Waals surface area (Å²) in [6, 6.07) is 0. The highest BCUT2D eigenvalue weighted by Crippen LogP contribution is 2.10. The average molecular weight is 180 g/mol. The molecule has 0 aromatic carbocycles. The van der Waals surface area contributed by atoms with Crippen molar-refractivity contribution in [2.75, 3.05) is 0 Å². The molecule has 1 aromatic heterocycles. The van der Waals surface area contributed by atoms with Gasteiger partial charge in [0.15, 0.2) is 0 Å². The summed E-state index contributed by atoms with van der Waals surface area (Å²) in [7, 11) is 0. The Balaban J connectivity index is 2.85. The topological polar surface area (TPSA) is 63.1 Å². The van der Waals surface area contributed by atoms with E-state index in [1.54, 1.807) is 13.1 Å². The maximum absolute atomic E-state index is 10.6. The van der Waals surface area contributed by atoms with E-state index in [-0.39, 0.29) is 0 Å². The number of carboxylic acids is 1. The second-order valence-corrected chi connectivity index (χ2v) is 2.85. The highest BCUT2D eigenvalue weighted by atomic mass is 16.4. The summed E-state index contributed by atoms with van der Waals surface area (Å²) in [5.74, 6) is -1.46. The summed E-state index contributed by atoms with van der Waals surface area (Å²) in [5, 5.41) is 8.69. The Hall–Kier alpha value is -1.45. The molecule has 4 heteroatoms. The Morgan fingerprint density at radius 3 is 2.62 bits per heavy atom. The molecule has 1 unspecified atom stereocenters. The molecule has 1 heterocycles. The van der Waals surface area contributed by atoms with Gasteiger partial charge in [-0.3, -0.25) is 14.8 Å². The highest BCUT2D eigenvalue weighted by molar-refractivity contribution is 5.74. The molecule has 0 bridgehead atoms. The smallest absolute Gasteiger partial charge is 0.312 e. The number of hydrogen-bond acceptors (Lipinski definition) is 3. The zero-order valence-corrected chi connectivity index (χ0v) is 7.69. The lowest BCUT2D eigenvalue weighted by Gasteiger charge is -2.04. The third-order valence-corrected chi connectivity index (χ3v) is 1.90. The lowest BCUT2D eigenvalue weighted by atomic mass is 10.1. The third kappa shape index (κ3) is 2.24. The molecule has 0 amide bonds. The van der Waals surface area contributed by atoms with Gasteiger partial charge in [0.05, 0.1) is 17.3 Å². The summed E-state index contributed by atoms with van der Waals surface area (Å²) in [6.07, 6.45) is 3.96. The van der Waals surface area contributed by atoms with Gasteiger partial charge in [-0.25, -0.2) is 0 Å². The standard InChI is InChI=1S/C9H12N2O2/c1-3-7-4-11-8(5-10-7)6(2)9(12)13/h4-6H,3H2,1-2H3,(H,12,13). The Kier molecular flexibility index (Phi) is 2.95. The molecule has 0 aliphatic carbocycles. The quantitative estimate of drug-likeness (QED) is 0.759.